The lowest BCUT2D eigenvalue weighted by Crippen LogP contribution is -2.50. The maximum atomic E-state index is 14.6. The molecule has 3 atom stereocenters. The summed E-state index contributed by atoms with van der Waals surface area (Å²) < 4.78 is 56.1. The first-order valence-electron chi connectivity index (χ1n) is 13.0. The number of carbonyl (C=O) groups is 1. The summed E-state index contributed by atoms with van der Waals surface area (Å²) in [4.78, 5) is 19.7. The lowest BCUT2D eigenvalue weighted by atomic mass is 9.80. The van der Waals surface area contributed by atoms with Gasteiger partial charge in [-0.05, 0) is 51.0 Å². The number of likely N-dealkylation sites (tertiary alicyclic amines) is 1. The average Bonchev–Trinajstić information content (AvgIpc) is 3.38. The fourth-order valence-corrected chi connectivity index (χ4v) is 5.82. The van der Waals surface area contributed by atoms with Crippen molar-refractivity contribution in [1.29, 1.82) is 0 Å². The van der Waals surface area contributed by atoms with Crippen LogP contribution in [0.2, 0.25) is 0 Å². The molecule has 1 aliphatic carbocycles. The van der Waals surface area contributed by atoms with Gasteiger partial charge in [0.15, 0.2) is 5.65 Å². The van der Waals surface area contributed by atoms with Gasteiger partial charge in [0.05, 0.1) is 23.3 Å². The number of piperidine rings is 1. The van der Waals surface area contributed by atoms with Gasteiger partial charge in [-0.3, -0.25) is 9.69 Å². The van der Waals surface area contributed by atoms with Crippen LogP contribution in [0.25, 0.3) is 5.65 Å². The molecule has 11 heteroatoms. The van der Waals surface area contributed by atoms with E-state index in [0.29, 0.717) is 30.7 Å². The SMILES string of the molecule is C[C@@H](NC(=O)c1cc(C2CCC(N3CCC(F)[C@H](O)C3)CC2)c2ncnn2c1)c1cccc(C(F)F)c1F. The zero-order valence-electron chi connectivity index (χ0n) is 21.0. The number of halogens is 4. The number of carbonyl (C=O) groups excluding carboxylic acids is 1. The lowest BCUT2D eigenvalue weighted by Gasteiger charge is -2.41. The summed E-state index contributed by atoms with van der Waals surface area (Å²) in [7, 11) is 0. The van der Waals surface area contributed by atoms with Crippen LogP contribution >= 0.6 is 0 Å². The second-order valence-electron chi connectivity index (χ2n) is 10.3. The summed E-state index contributed by atoms with van der Waals surface area (Å²) in [6.07, 6.45) is 1.68. The average molecular weight is 534 g/mol. The number of pyridine rings is 1. The zero-order chi connectivity index (χ0) is 27.0. The molecular weight excluding hydrogens is 502 g/mol. The quantitative estimate of drug-likeness (QED) is 0.448. The van der Waals surface area contributed by atoms with Gasteiger partial charge in [0.2, 0.25) is 0 Å². The monoisotopic (exact) mass is 533 g/mol. The molecule has 5 rings (SSSR count). The van der Waals surface area contributed by atoms with Crippen LogP contribution in [0.15, 0.2) is 36.8 Å². The van der Waals surface area contributed by atoms with E-state index in [9.17, 15) is 27.5 Å². The van der Waals surface area contributed by atoms with Gasteiger partial charge in [-0.1, -0.05) is 18.2 Å². The number of rotatable bonds is 6. The van der Waals surface area contributed by atoms with E-state index in [1.165, 1.54) is 18.5 Å². The molecule has 0 bridgehead atoms. The van der Waals surface area contributed by atoms with Gasteiger partial charge in [0.1, 0.15) is 18.3 Å². The van der Waals surface area contributed by atoms with Gasteiger partial charge >= 0.3 is 0 Å². The van der Waals surface area contributed by atoms with E-state index in [-0.39, 0.29) is 17.5 Å². The topological polar surface area (TPSA) is 82.8 Å². The van der Waals surface area contributed by atoms with Crippen molar-refractivity contribution in [2.45, 2.75) is 75.7 Å². The largest absolute Gasteiger partial charge is 0.389 e. The molecule has 2 N–H and O–H groups in total. The van der Waals surface area contributed by atoms with E-state index >= 15 is 0 Å². The van der Waals surface area contributed by atoms with Crippen LogP contribution in [-0.4, -0.2) is 61.9 Å². The minimum absolute atomic E-state index is 0.0153. The van der Waals surface area contributed by atoms with Crippen LogP contribution in [0.3, 0.4) is 0 Å². The van der Waals surface area contributed by atoms with Crippen molar-refractivity contribution >= 4 is 11.6 Å². The molecule has 3 aromatic rings. The molecule has 2 aromatic heterocycles. The first kappa shape index (κ1) is 26.6. The highest BCUT2D eigenvalue weighted by Gasteiger charge is 2.34. The van der Waals surface area contributed by atoms with E-state index in [1.54, 1.807) is 23.7 Å². The minimum Gasteiger partial charge on any atom is -0.389 e. The van der Waals surface area contributed by atoms with E-state index < -0.39 is 42.0 Å². The van der Waals surface area contributed by atoms with Crippen molar-refractivity contribution in [3.05, 3.63) is 64.9 Å². The summed E-state index contributed by atoms with van der Waals surface area (Å²) in [5.74, 6) is -1.37. The molecule has 2 fully saturated rings. The molecule has 0 spiro atoms. The maximum Gasteiger partial charge on any atom is 0.266 e. The number of aromatic nitrogens is 3. The van der Waals surface area contributed by atoms with Gasteiger partial charge < -0.3 is 10.4 Å². The fraction of sp³-hybridized carbons (Fsp3) is 0.519. The first-order chi connectivity index (χ1) is 18.2. The number of hydrogen-bond acceptors (Lipinski definition) is 5. The summed E-state index contributed by atoms with van der Waals surface area (Å²) in [6, 6.07) is 4.97. The van der Waals surface area contributed by atoms with Crippen molar-refractivity contribution in [2.75, 3.05) is 13.1 Å². The lowest BCUT2D eigenvalue weighted by molar-refractivity contribution is -0.0182. The summed E-state index contributed by atoms with van der Waals surface area (Å²) in [5.41, 5.74) is 1.13. The summed E-state index contributed by atoms with van der Waals surface area (Å²) in [5, 5.41) is 16.9. The van der Waals surface area contributed by atoms with Gasteiger partial charge in [0.25, 0.3) is 12.3 Å². The number of amides is 1. The number of alkyl halides is 3. The molecule has 1 saturated carbocycles. The van der Waals surface area contributed by atoms with E-state index in [1.807, 2.05) is 0 Å². The maximum absolute atomic E-state index is 14.6. The Morgan fingerprint density at radius 1 is 1.16 bits per heavy atom. The van der Waals surface area contributed by atoms with Gasteiger partial charge in [-0.2, -0.15) is 5.10 Å². The van der Waals surface area contributed by atoms with Crippen molar-refractivity contribution in [3.63, 3.8) is 0 Å². The van der Waals surface area contributed by atoms with Gasteiger partial charge in [-0.25, -0.2) is 27.1 Å². The molecule has 38 heavy (non-hydrogen) atoms. The predicted molar refractivity (Wildman–Crippen MR) is 132 cm³/mol. The molecule has 1 amide bonds. The molecule has 3 heterocycles. The van der Waals surface area contributed by atoms with E-state index in [0.717, 1.165) is 37.3 Å². The Hall–Kier alpha value is -3.05. The zero-order valence-corrected chi connectivity index (χ0v) is 21.0. The summed E-state index contributed by atoms with van der Waals surface area (Å²) >= 11 is 0. The van der Waals surface area contributed by atoms with Crippen LogP contribution in [0.5, 0.6) is 0 Å². The van der Waals surface area contributed by atoms with Crippen LogP contribution in [0.4, 0.5) is 17.6 Å². The number of nitrogens with one attached hydrogen (secondary N) is 1. The van der Waals surface area contributed by atoms with Crippen molar-refractivity contribution < 1.29 is 27.5 Å². The molecule has 1 saturated heterocycles. The Kier molecular flexibility index (Phi) is 7.67. The number of benzene rings is 1. The van der Waals surface area contributed by atoms with Crippen LogP contribution in [-0.2, 0) is 0 Å². The van der Waals surface area contributed by atoms with Crippen LogP contribution < -0.4 is 5.32 Å². The number of β-amino-alcohol motifs (C(OH)–C–C–N with tert-alkyl or cyclic N) is 1. The molecule has 1 aromatic carbocycles. The van der Waals surface area contributed by atoms with Crippen molar-refractivity contribution in [3.8, 4) is 0 Å². The molecule has 1 unspecified atom stereocenters. The Labute approximate surface area is 217 Å². The van der Waals surface area contributed by atoms with Gasteiger partial charge in [-0.15, -0.1) is 0 Å². The molecular formula is C27H31F4N5O2. The molecule has 7 nitrogen and oxygen atoms in total. The van der Waals surface area contributed by atoms with E-state index in [4.69, 9.17) is 0 Å². The van der Waals surface area contributed by atoms with E-state index in [2.05, 4.69) is 20.3 Å². The van der Waals surface area contributed by atoms with Crippen LogP contribution in [0.1, 0.15) is 84.5 Å². The van der Waals surface area contributed by atoms with Crippen molar-refractivity contribution in [2.24, 2.45) is 0 Å². The fourth-order valence-electron chi connectivity index (χ4n) is 5.82. The Bertz CT molecular complexity index is 1290. The third-order valence-corrected chi connectivity index (χ3v) is 7.96. The standard InChI is InChI=1S/C27H31F4N5O2/c1-15(19-3-2-4-20(24(19)29)25(30)31)34-27(38)17-11-21(26-32-14-33-36(26)12-17)16-5-7-18(8-6-16)35-10-9-22(28)23(37)13-35/h2-4,11-12,14-16,18,22-23,25,37H,5-10,13H2,1H3,(H,34,38)/t15-,16?,18?,22?,23-/m1/s1. The van der Waals surface area contributed by atoms with Crippen molar-refractivity contribution in [1.82, 2.24) is 24.8 Å². The third kappa shape index (κ3) is 5.26. The number of aliphatic hydroxyl groups excluding tert-OH is 1. The molecule has 2 aliphatic rings. The molecule has 204 valence electrons. The van der Waals surface area contributed by atoms with Gasteiger partial charge in [0, 0.05) is 36.5 Å². The molecule has 0 radical (unpaired) electrons. The molecule has 1 aliphatic heterocycles. The number of hydrogen-bond donors (Lipinski definition) is 2. The minimum atomic E-state index is -2.95. The number of fused-ring (bicyclic) bond motifs is 1. The number of nitrogens with zero attached hydrogens (tertiary/aromatic N) is 4. The normalized spacial score (nSPS) is 25.6. The summed E-state index contributed by atoms with van der Waals surface area (Å²) in [6.45, 7) is 2.53. The third-order valence-electron chi connectivity index (χ3n) is 7.96. The number of aliphatic hydroxyl groups is 1. The smallest absolute Gasteiger partial charge is 0.266 e. The Morgan fingerprint density at radius 3 is 2.61 bits per heavy atom. The highest BCUT2D eigenvalue weighted by atomic mass is 19.3. The second kappa shape index (κ2) is 11.0. The van der Waals surface area contributed by atoms with Crippen LogP contribution in [0, 0.1) is 5.82 Å². The Morgan fingerprint density at radius 2 is 1.89 bits per heavy atom. The first-order valence-corrected chi connectivity index (χ1v) is 13.0. The Balaban J connectivity index is 1.31. The highest BCUT2D eigenvalue weighted by molar-refractivity contribution is 5.94. The second-order valence-corrected chi connectivity index (χ2v) is 10.3. The predicted octanol–water partition coefficient (Wildman–Crippen LogP) is 4.73. The highest BCUT2D eigenvalue weighted by Crippen LogP contribution is 2.37.